The summed E-state index contributed by atoms with van der Waals surface area (Å²) in [6.07, 6.45) is 7.71. The van der Waals surface area contributed by atoms with Crippen molar-refractivity contribution in [3.05, 3.63) is 36.4 Å². The van der Waals surface area contributed by atoms with E-state index in [4.69, 9.17) is 4.74 Å². The van der Waals surface area contributed by atoms with E-state index in [1.807, 2.05) is 30.8 Å². The first kappa shape index (κ1) is 7.35. The second-order valence-corrected chi connectivity index (χ2v) is 2.85. The van der Waals surface area contributed by atoms with Gasteiger partial charge in [0.1, 0.15) is 0 Å². The zero-order valence-electron chi connectivity index (χ0n) is 6.86. The van der Waals surface area contributed by atoms with Gasteiger partial charge >= 0.3 is 0 Å². The smallest absolute Gasteiger partial charge is 0.0876 e. The number of hydrogen-bond donors (Lipinski definition) is 0. The fraction of sp³-hybridized carbons (Fsp3) is 0.300. The van der Waals surface area contributed by atoms with Gasteiger partial charge in [0.25, 0.3) is 0 Å². The summed E-state index contributed by atoms with van der Waals surface area (Å²) in [5.41, 5.74) is 2.51. The molecular formula is C10H11NO. The third kappa shape index (κ3) is 1.47. The number of allylic oxidation sites excluding steroid dienone is 1. The van der Waals surface area contributed by atoms with E-state index in [-0.39, 0.29) is 0 Å². The van der Waals surface area contributed by atoms with Gasteiger partial charge in [-0.15, -0.1) is 0 Å². The maximum absolute atomic E-state index is 5.25. The highest BCUT2D eigenvalue weighted by atomic mass is 16.5. The largest absolute Gasteiger partial charge is 0.501 e. The Labute approximate surface area is 71.9 Å². The van der Waals surface area contributed by atoms with Gasteiger partial charge in [0.15, 0.2) is 0 Å². The van der Waals surface area contributed by atoms with Crippen LogP contribution < -0.4 is 0 Å². The molecule has 0 fully saturated rings. The third-order valence-electron chi connectivity index (χ3n) is 1.99. The van der Waals surface area contributed by atoms with E-state index in [1.54, 1.807) is 0 Å². The molecule has 0 N–H and O–H groups in total. The van der Waals surface area contributed by atoms with E-state index in [9.17, 15) is 0 Å². The topological polar surface area (TPSA) is 22.1 Å². The SMILES string of the molecule is C1=C(c2ccncc2)CCCO1. The fourth-order valence-electron chi connectivity index (χ4n) is 1.34. The molecule has 0 aliphatic carbocycles. The maximum atomic E-state index is 5.25. The van der Waals surface area contributed by atoms with Gasteiger partial charge in [0.05, 0.1) is 12.9 Å². The molecule has 0 unspecified atom stereocenters. The molecule has 1 aromatic heterocycles. The van der Waals surface area contributed by atoms with E-state index in [1.165, 1.54) is 11.1 Å². The van der Waals surface area contributed by atoms with Gasteiger partial charge < -0.3 is 4.74 Å². The molecule has 2 heterocycles. The van der Waals surface area contributed by atoms with Crippen LogP contribution in [0.5, 0.6) is 0 Å². The first-order valence-corrected chi connectivity index (χ1v) is 4.18. The van der Waals surface area contributed by atoms with Crippen LogP contribution in [-0.4, -0.2) is 11.6 Å². The normalized spacial score (nSPS) is 16.5. The number of nitrogens with zero attached hydrogens (tertiary/aromatic N) is 1. The number of ether oxygens (including phenoxy) is 1. The van der Waals surface area contributed by atoms with E-state index in [0.29, 0.717) is 0 Å². The molecule has 0 spiro atoms. The number of pyridine rings is 1. The molecule has 2 heteroatoms. The maximum Gasteiger partial charge on any atom is 0.0876 e. The molecule has 0 saturated heterocycles. The lowest BCUT2D eigenvalue weighted by atomic mass is 10.0. The summed E-state index contributed by atoms with van der Waals surface area (Å²) in [4.78, 5) is 3.97. The van der Waals surface area contributed by atoms with Crippen LogP contribution in [0, 0.1) is 0 Å². The van der Waals surface area contributed by atoms with Crippen molar-refractivity contribution < 1.29 is 4.74 Å². The number of rotatable bonds is 1. The predicted octanol–water partition coefficient (Wildman–Crippen LogP) is 2.23. The minimum Gasteiger partial charge on any atom is -0.501 e. The lowest BCUT2D eigenvalue weighted by Gasteiger charge is -2.13. The monoisotopic (exact) mass is 161 g/mol. The first-order valence-electron chi connectivity index (χ1n) is 4.18. The minimum atomic E-state index is 0.856. The molecule has 2 nitrogen and oxygen atoms in total. The Morgan fingerprint density at radius 2 is 2.08 bits per heavy atom. The van der Waals surface area contributed by atoms with Crippen LogP contribution in [0.1, 0.15) is 18.4 Å². The zero-order valence-corrected chi connectivity index (χ0v) is 6.86. The summed E-state index contributed by atoms with van der Waals surface area (Å²) >= 11 is 0. The van der Waals surface area contributed by atoms with E-state index in [2.05, 4.69) is 4.98 Å². The van der Waals surface area contributed by atoms with Crippen molar-refractivity contribution in [2.75, 3.05) is 6.61 Å². The van der Waals surface area contributed by atoms with E-state index < -0.39 is 0 Å². The number of aromatic nitrogens is 1. The van der Waals surface area contributed by atoms with E-state index in [0.717, 1.165) is 19.4 Å². The molecule has 1 aliphatic heterocycles. The molecule has 0 bridgehead atoms. The second-order valence-electron chi connectivity index (χ2n) is 2.85. The van der Waals surface area contributed by atoms with Crippen molar-refractivity contribution >= 4 is 5.57 Å². The Kier molecular flexibility index (Phi) is 2.08. The van der Waals surface area contributed by atoms with Crippen LogP contribution in [0.25, 0.3) is 5.57 Å². The molecule has 0 aromatic carbocycles. The van der Waals surface area contributed by atoms with Crippen molar-refractivity contribution in [2.24, 2.45) is 0 Å². The molecule has 0 radical (unpaired) electrons. The molecule has 0 amide bonds. The Balaban J connectivity index is 2.24. The number of hydrogen-bond acceptors (Lipinski definition) is 2. The Hall–Kier alpha value is -1.31. The average Bonchev–Trinajstić information content (AvgIpc) is 2.21. The molecule has 62 valence electrons. The van der Waals surface area contributed by atoms with Crippen LogP contribution >= 0.6 is 0 Å². The molecular weight excluding hydrogens is 150 g/mol. The molecule has 12 heavy (non-hydrogen) atoms. The van der Waals surface area contributed by atoms with Crippen molar-refractivity contribution in [1.82, 2.24) is 4.98 Å². The van der Waals surface area contributed by atoms with Gasteiger partial charge in [-0.05, 0) is 36.1 Å². The van der Waals surface area contributed by atoms with Crippen LogP contribution in [-0.2, 0) is 4.74 Å². The van der Waals surface area contributed by atoms with E-state index >= 15 is 0 Å². The Morgan fingerprint density at radius 3 is 2.75 bits per heavy atom. The average molecular weight is 161 g/mol. The second kappa shape index (κ2) is 3.39. The lowest BCUT2D eigenvalue weighted by Crippen LogP contribution is -1.98. The summed E-state index contributed by atoms with van der Waals surface area (Å²) in [7, 11) is 0. The van der Waals surface area contributed by atoms with Gasteiger partial charge in [-0.1, -0.05) is 0 Å². The van der Waals surface area contributed by atoms with Gasteiger partial charge in [-0.2, -0.15) is 0 Å². The van der Waals surface area contributed by atoms with Crippen LogP contribution in [0.4, 0.5) is 0 Å². The highest BCUT2D eigenvalue weighted by Crippen LogP contribution is 2.22. The summed E-state index contributed by atoms with van der Waals surface area (Å²) in [6, 6.07) is 4.03. The van der Waals surface area contributed by atoms with Gasteiger partial charge in [0, 0.05) is 12.4 Å². The van der Waals surface area contributed by atoms with Gasteiger partial charge in [-0.3, -0.25) is 4.98 Å². The molecule has 0 saturated carbocycles. The van der Waals surface area contributed by atoms with Crippen molar-refractivity contribution in [2.45, 2.75) is 12.8 Å². The Morgan fingerprint density at radius 1 is 1.25 bits per heavy atom. The minimum absolute atomic E-state index is 0.856. The van der Waals surface area contributed by atoms with Gasteiger partial charge in [-0.25, -0.2) is 0 Å². The third-order valence-corrected chi connectivity index (χ3v) is 1.99. The molecule has 1 aliphatic rings. The van der Waals surface area contributed by atoms with Crippen LogP contribution in [0.2, 0.25) is 0 Å². The van der Waals surface area contributed by atoms with Crippen LogP contribution in [0.3, 0.4) is 0 Å². The predicted molar refractivity (Wildman–Crippen MR) is 47.4 cm³/mol. The molecule has 1 aromatic rings. The lowest BCUT2D eigenvalue weighted by molar-refractivity contribution is 0.235. The summed E-state index contributed by atoms with van der Waals surface area (Å²) < 4.78 is 5.25. The van der Waals surface area contributed by atoms with Crippen molar-refractivity contribution in [1.29, 1.82) is 0 Å². The first-order chi connectivity index (χ1) is 5.97. The summed E-state index contributed by atoms with van der Waals surface area (Å²) in [5, 5.41) is 0. The highest BCUT2D eigenvalue weighted by Gasteiger charge is 2.05. The van der Waals surface area contributed by atoms with Crippen molar-refractivity contribution in [3.8, 4) is 0 Å². The molecule has 2 rings (SSSR count). The summed E-state index contributed by atoms with van der Waals surface area (Å²) in [5.74, 6) is 0. The Bertz CT molecular complexity index is 279. The summed E-state index contributed by atoms with van der Waals surface area (Å²) in [6.45, 7) is 0.856. The standard InChI is InChI=1S/C10H11NO/c1-2-10(8-12-7-1)9-3-5-11-6-4-9/h3-6,8H,1-2,7H2. The van der Waals surface area contributed by atoms with Crippen molar-refractivity contribution in [3.63, 3.8) is 0 Å². The highest BCUT2D eigenvalue weighted by molar-refractivity contribution is 5.64. The van der Waals surface area contributed by atoms with Crippen LogP contribution in [0.15, 0.2) is 30.8 Å². The van der Waals surface area contributed by atoms with Gasteiger partial charge in [0.2, 0.25) is 0 Å². The zero-order chi connectivity index (χ0) is 8.23. The fourth-order valence-corrected chi connectivity index (χ4v) is 1.34. The quantitative estimate of drug-likeness (QED) is 0.630. The molecule has 0 atom stereocenters.